The number of methoxy groups -OCH3 is 1. The third-order valence-corrected chi connectivity index (χ3v) is 8.65. The molecule has 1 heterocycles. The molecular formula is C23H26F2N2O6S2. The molecular weight excluding hydrogens is 502 g/mol. The lowest BCUT2D eigenvalue weighted by Gasteiger charge is -2.35. The molecule has 2 fully saturated rings. The Labute approximate surface area is 203 Å². The van der Waals surface area contributed by atoms with Gasteiger partial charge in [-0.15, -0.1) is 0 Å². The molecule has 1 N–H and O–H groups in total. The molecule has 0 amide bonds. The van der Waals surface area contributed by atoms with Gasteiger partial charge in [0.1, 0.15) is 0 Å². The zero-order valence-electron chi connectivity index (χ0n) is 19.3. The van der Waals surface area contributed by atoms with Crippen LogP contribution >= 0.6 is 0 Å². The first-order valence-electron chi connectivity index (χ1n) is 11.0. The van der Waals surface area contributed by atoms with Gasteiger partial charge >= 0.3 is 5.97 Å². The Morgan fingerprint density at radius 2 is 1.83 bits per heavy atom. The number of ether oxygens (including phenoxy) is 1. The molecule has 190 valence electrons. The van der Waals surface area contributed by atoms with Crippen LogP contribution in [0, 0.1) is 0 Å². The third kappa shape index (κ3) is 5.58. The number of hydrogen-bond donors (Lipinski definition) is 1. The number of anilines is 2. The van der Waals surface area contributed by atoms with Crippen LogP contribution in [0.1, 0.15) is 47.5 Å². The number of carbonyl (C=O) groups excluding carboxylic acids is 1. The SMILES string of the molecule is COC(=O)c1ccc(C2CC2)c(S(=O)(=O)Nc2cc(S(C)(=O)=O)ccc2N2CCCC(F)(F)C2)c1. The van der Waals surface area contributed by atoms with Crippen molar-refractivity contribution in [2.75, 3.05) is 36.1 Å². The molecule has 0 aromatic heterocycles. The summed E-state index contributed by atoms with van der Waals surface area (Å²) < 4.78 is 86.8. The zero-order valence-corrected chi connectivity index (χ0v) is 20.9. The maximum Gasteiger partial charge on any atom is 0.337 e. The van der Waals surface area contributed by atoms with E-state index in [1.807, 2.05) is 0 Å². The van der Waals surface area contributed by atoms with Gasteiger partial charge in [-0.25, -0.2) is 30.4 Å². The van der Waals surface area contributed by atoms with Gasteiger partial charge in [-0.2, -0.15) is 0 Å². The normalized spacial score (nSPS) is 18.2. The van der Waals surface area contributed by atoms with Crippen LogP contribution in [0.4, 0.5) is 20.2 Å². The number of halogens is 2. The first-order valence-corrected chi connectivity index (χ1v) is 14.4. The third-order valence-electron chi connectivity index (χ3n) is 6.12. The smallest absolute Gasteiger partial charge is 0.337 e. The maximum atomic E-state index is 14.1. The molecule has 0 unspecified atom stereocenters. The average molecular weight is 529 g/mol. The number of benzene rings is 2. The van der Waals surface area contributed by atoms with E-state index in [9.17, 15) is 30.4 Å². The summed E-state index contributed by atoms with van der Waals surface area (Å²) in [6, 6.07) is 8.01. The van der Waals surface area contributed by atoms with Gasteiger partial charge in [0.15, 0.2) is 9.84 Å². The summed E-state index contributed by atoms with van der Waals surface area (Å²) in [5.74, 6) is -3.66. The van der Waals surface area contributed by atoms with Crippen molar-refractivity contribution in [3.8, 4) is 0 Å². The highest BCUT2D eigenvalue weighted by Gasteiger charge is 2.37. The lowest BCUT2D eigenvalue weighted by atomic mass is 10.1. The fourth-order valence-electron chi connectivity index (χ4n) is 4.22. The van der Waals surface area contributed by atoms with Crippen LogP contribution in [0.25, 0.3) is 0 Å². The van der Waals surface area contributed by atoms with Gasteiger partial charge in [0.05, 0.1) is 40.4 Å². The average Bonchev–Trinajstić information content (AvgIpc) is 3.62. The molecule has 0 spiro atoms. The Morgan fingerprint density at radius 1 is 1.11 bits per heavy atom. The van der Waals surface area contributed by atoms with Crippen molar-refractivity contribution in [3.63, 3.8) is 0 Å². The molecule has 12 heteroatoms. The number of nitrogens with zero attached hydrogens (tertiary/aromatic N) is 1. The van der Waals surface area contributed by atoms with E-state index >= 15 is 0 Å². The highest BCUT2D eigenvalue weighted by atomic mass is 32.2. The van der Waals surface area contributed by atoms with E-state index in [0.29, 0.717) is 5.56 Å². The van der Waals surface area contributed by atoms with E-state index in [1.165, 1.54) is 36.3 Å². The molecule has 1 saturated carbocycles. The second kappa shape index (κ2) is 9.05. The van der Waals surface area contributed by atoms with Gasteiger partial charge in [0, 0.05) is 19.2 Å². The number of esters is 1. The fourth-order valence-corrected chi connectivity index (χ4v) is 6.26. The Morgan fingerprint density at radius 3 is 2.43 bits per heavy atom. The van der Waals surface area contributed by atoms with E-state index < -0.39 is 38.3 Å². The van der Waals surface area contributed by atoms with Gasteiger partial charge in [-0.1, -0.05) is 6.07 Å². The second-order valence-corrected chi connectivity index (χ2v) is 12.6. The largest absolute Gasteiger partial charge is 0.465 e. The van der Waals surface area contributed by atoms with Crippen molar-refractivity contribution in [1.82, 2.24) is 0 Å². The highest BCUT2D eigenvalue weighted by Crippen LogP contribution is 2.44. The molecule has 2 aromatic rings. The number of carbonyl (C=O) groups is 1. The van der Waals surface area contributed by atoms with E-state index in [0.717, 1.165) is 25.2 Å². The van der Waals surface area contributed by atoms with Crippen LogP contribution in [-0.2, 0) is 24.6 Å². The van der Waals surface area contributed by atoms with Crippen molar-refractivity contribution in [1.29, 1.82) is 0 Å². The van der Waals surface area contributed by atoms with Crippen LogP contribution < -0.4 is 9.62 Å². The quantitative estimate of drug-likeness (QED) is 0.545. The Bertz CT molecular complexity index is 1370. The lowest BCUT2D eigenvalue weighted by Crippen LogP contribution is -2.43. The molecule has 1 aliphatic heterocycles. The minimum Gasteiger partial charge on any atom is -0.465 e. The standard InChI is InChI=1S/C23H26F2N2O6S2/c1-33-22(28)16-6-8-18(15-4-5-15)21(12-16)35(31,32)26-19-13-17(34(2,29)30)7-9-20(19)27-11-3-10-23(24,25)14-27/h6-9,12-13,15,26H,3-5,10-11,14H2,1-2H3. The van der Waals surface area contributed by atoms with Crippen molar-refractivity contribution in [2.45, 2.75) is 47.3 Å². The maximum absolute atomic E-state index is 14.1. The van der Waals surface area contributed by atoms with E-state index in [2.05, 4.69) is 4.72 Å². The molecule has 1 aliphatic carbocycles. The van der Waals surface area contributed by atoms with Gasteiger partial charge in [0.25, 0.3) is 15.9 Å². The van der Waals surface area contributed by atoms with Crippen molar-refractivity contribution < 1.29 is 35.1 Å². The zero-order chi connectivity index (χ0) is 25.6. The number of hydrogen-bond acceptors (Lipinski definition) is 7. The Kier molecular flexibility index (Phi) is 6.56. The summed E-state index contributed by atoms with van der Waals surface area (Å²) >= 11 is 0. The number of nitrogens with one attached hydrogen (secondary N) is 1. The van der Waals surface area contributed by atoms with Crippen molar-refractivity contribution in [2.24, 2.45) is 0 Å². The van der Waals surface area contributed by atoms with Gasteiger partial charge < -0.3 is 9.64 Å². The predicted molar refractivity (Wildman–Crippen MR) is 127 cm³/mol. The molecule has 4 rings (SSSR count). The highest BCUT2D eigenvalue weighted by molar-refractivity contribution is 7.92. The fraction of sp³-hybridized carbons (Fsp3) is 0.435. The topological polar surface area (TPSA) is 110 Å². The minimum atomic E-state index is -4.33. The first-order chi connectivity index (χ1) is 16.3. The summed E-state index contributed by atoms with van der Waals surface area (Å²) in [5, 5.41) is 0. The number of alkyl halides is 2. The summed E-state index contributed by atoms with van der Waals surface area (Å²) in [4.78, 5) is 13.1. The van der Waals surface area contributed by atoms with Gasteiger partial charge in [0.2, 0.25) is 0 Å². The lowest BCUT2D eigenvalue weighted by molar-refractivity contribution is -0.0116. The molecule has 35 heavy (non-hydrogen) atoms. The van der Waals surface area contributed by atoms with Crippen LogP contribution in [0.2, 0.25) is 0 Å². The van der Waals surface area contributed by atoms with E-state index in [1.54, 1.807) is 6.07 Å². The minimum absolute atomic E-state index is 0.0101. The number of sulfone groups is 1. The summed E-state index contributed by atoms with van der Waals surface area (Å²) in [7, 11) is -6.86. The first kappa shape index (κ1) is 25.4. The summed E-state index contributed by atoms with van der Waals surface area (Å²) in [6.45, 7) is -0.362. The van der Waals surface area contributed by atoms with Crippen LogP contribution in [0.3, 0.4) is 0 Å². The van der Waals surface area contributed by atoms with E-state index in [4.69, 9.17) is 4.74 Å². The molecule has 2 aromatic carbocycles. The van der Waals surface area contributed by atoms with Crippen LogP contribution in [0.5, 0.6) is 0 Å². The Balaban J connectivity index is 1.80. The molecule has 0 bridgehead atoms. The summed E-state index contributed by atoms with van der Waals surface area (Å²) in [6.07, 6.45) is 2.47. The van der Waals surface area contributed by atoms with Crippen LogP contribution in [-0.4, -0.2) is 55.2 Å². The van der Waals surface area contributed by atoms with Crippen molar-refractivity contribution in [3.05, 3.63) is 47.5 Å². The molecule has 0 radical (unpaired) electrons. The summed E-state index contributed by atoms with van der Waals surface area (Å²) in [5.41, 5.74) is 0.585. The van der Waals surface area contributed by atoms with Gasteiger partial charge in [-0.05, 0) is 61.1 Å². The molecule has 0 atom stereocenters. The molecule has 1 saturated heterocycles. The van der Waals surface area contributed by atoms with E-state index in [-0.39, 0.29) is 52.0 Å². The Hall–Kier alpha value is -2.73. The number of piperidine rings is 1. The molecule has 2 aliphatic rings. The number of rotatable bonds is 7. The van der Waals surface area contributed by atoms with Crippen LogP contribution in [0.15, 0.2) is 46.2 Å². The predicted octanol–water partition coefficient (Wildman–Crippen LogP) is 3.79. The van der Waals surface area contributed by atoms with Gasteiger partial charge in [-0.3, -0.25) is 4.72 Å². The van der Waals surface area contributed by atoms with Crippen molar-refractivity contribution >= 4 is 37.2 Å². The second-order valence-electron chi connectivity index (χ2n) is 8.96. The molecule has 8 nitrogen and oxygen atoms in total. The monoisotopic (exact) mass is 528 g/mol. The number of sulfonamides is 1.